The molecule has 0 aliphatic carbocycles. The Balaban J connectivity index is 1.90. The Morgan fingerprint density at radius 1 is 1.40 bits per heavy atom. The molecule has 3 nitrogen and oxygen atoms in total. The quantitative estimate of drug-likeness (QED) is 0.479. The summed E-state index contributed by atoms with van der Waals surface area (Å²) in [4.78, 5) is 2.18. The van der Waals surface area contributed by atoms with Crippen LogP contribution in [0.1, 0.15) is 6.42 Å². The van der Waals surface area contributed by atoms with Gasteiger partial charge in [-0.05, 0) is 13.5 Å². The Bertz CT molecular complexity index is 124. The molecule has 2 saturated heterocycles. The van der Waals surface area contributed by atoms with Crippen LogP contribution < -0.4 is 0 Å². The van der Waals surface area contributed by atoms with Gasteiger partial charge < -0.3 is 9.47 Å². The average Bonchev–Trinajstić information content (AvgIpc) is 1.86. The summed E-state index contributed by atoms with van der Waals surface area (Å²) in [7, 11) is 2.08. The second-order valence-electron chi connectivity index (χ2n) is 3.28. The molecule has 0 aromatic rings. The average molecular weight is 143 g/mol. The lowest BCUT2D eigenvalue weighted by atomic mass is 9.96. The summed E-state index contributed by atoms with van der Waals surface area (Å²) >= 11 is 0. The Kier molecular flexibility index (Phi) is 1.44. The third kappa shape index (κ3) is 0.944. The van der Waals surface area contributed by atoms with Crippen molar-refractivity contribution in [3.8, 4) is 0 Å². The third-order valence-corrected chi connectivity index (χ3v) is 2.27. The minimum atomic E-state index is 0.118. The molecule has 0 unspecified atom stereocenters. The highest BCUT2D eigenvalue weighted by Crippen LogP contribution is 2.28. The number of ether oxygens (including phenoxy) is 2. The SMILES string of the molecule is CN1CCC2(COC2)OC1. The molecule has 0 aromatic carbocycles. The van der Waals surface area contributed by atoms with Crippen molar-refractivity contribution in [3.63, 3.8) is 0 Å². The zero-order chi connectivity index (χ0) is 7.03. The van der Waals surface area contributed by atoms with E-state index < -0.39 is 0 Å². The topological polar surface area (TPSA) is 21.7 Å². The summed E-state index contributed by atoms with van der Waals surface area (Å²) in [5.41, 5.74) is 0.118. The van der Waals surface area contributed by atoms with Crippen LogP contribution in [-0.4, -0.2) is 44.0 Å². The van der Waals surface area contributed by atoms with Crippen molar-refractivity contribution in [2.45, 2.75) is 12.0 Å². The number of nitrogens with zero attached hydrogens (tertiary/aromatic N) is 1. The van der Waals surface area contributed by atoms with Gasteiger partial charge in [-0.3, -0.25) is 4.90 Å². The number of hydrogen-bond donors (Lipinski definition) is 0. The van der Waals surface area contributed by atoms with Crippen molar-refractivity contribution >= 4 is 0 Å². The minimum Gasteiger partial charge on any atom is -0.375 e. The first-order chi connectivity index (χ1) is 4.81. The molecule has 0 aromatic heterocycles. The highest BCUT2D eigenvalue weighted by molar-refractivity contribution is 4.90. The molecule has 2 heterocycles. The maximum atomic E-state index is 5.61. The van der Waals surface area contributed by atoms with E-state index in [1.54, 1.807) is 0 Å². The van der Waals surface area contributed by atoms with Crippen molar-refractivity contribution in [2.75, 3.05) is 33.5 Å². The van der Waals surface area contributed by atoms with Gasteiger partial charge in [0.15, 0.2) is 0 Å². The van der Waals surface area contributed by atoms with Crippen LogP contribution in [0.2, 0.25) is 0 Å². The first-order valence-electron chi connectivity index (χ1n) is 3.71. The molecule has 0 bridgehead atoms. The van der Waals surface area contributed by atoms with Crippen molar-refractivity contribution in [1.82, 2.24) is 4.90 Å². The molecular weight excluding hydrogens is 130 g/mol. The standard InChI is InChI=1S/C7H13NO2/c1-8-3-2-7(10-6-8)4-9-5-7/h2-6H2,1H3. The van der Waals surface area contributed by atoms with E-state index in [0.717, 1.165) is 32.9 Å². The van der Waals surface area contributed by atoms with E-state index in [-0.39, 0.29) is 5.60 Å². The predicted octanol–water partition coefficient (Wildman–Crippen LogP) is 0.0650. The molecule has 58 valence electrons. The van der Waals surface area contributed by atoms with Crippen LogP contribution in [0.4, 0.5) is 0 Å². The Morgan fingerprint density at radius 3 is 2.60 bits per heavy atom. The molecular formula is C7H13NO2. The maximum absolute atomic E-state index is 5.61. The van der Waals surface area contributed by atoms with Gasteiger partial charge in [0.2, 0.25) is 0 Å². The molecule has 2 rings (SSSR count). The maximum Gasteiger partial charge on any atom is 0.118 e. The summed E-state index contributed by atoms with van der Waals surface area (Å²) in [6.07, 6.45) is 1.13. The molecule has 0 N–H and O–H groups in total. The number of hydrogen-bond acceptors (Lipinski definition) is 3. The van der Waals surface area contributed by atoms with Crippen LogP contribution in [0.15, 0.2) is 0 Å². The monoisotopic (exact) mass is 143 g/mol. The van der Waals surface area contributed by atoms with Gasteiger partial charge in [0, 0.05) is 6.54 Å². The van der Waals surface area contributed by atoms with Gasteiger partial charge in [0.1, 0.15) is 5.60 Å². The highest BCUT2D eigenvalue weighted by atomic mass is 16.6. The van der Waals surface area contributed by atoms with Crippen molar-refractivity contribution < 1.29 is 9.47 Å². The highest BCUT2D eigenvalue weighted by Gasteiger charge is 2.41. The van der Waals surface area contributed by atoms with Crippen LogP contribution >= 0.6 is 0 Å². The van der Waals surface area contributed by atoms with Crippen LogP contribution in [0.25, 0.3) is 0 Å². The summed E-state index contributed by atoms with van der Waals surface area (Å²) in [5, 5.41) is 0. The van der Waals surface area contributed by atoms with E-state index in [2.05, 4.69) is 11.9 Å². The first kappa shape index (κ1) is 6.58. The zero-order valence-corrected chi connectivity index (χ0v) is 6.30. The van der Waals surface area contributed by atoms with Gasteiger partial charge >= 0.3 is 0 Å². The van der Waals surface area contributed by atoms with E-state index >= 15 is 0 Å². The third-order valence-electron chi connectivity index (χ3n) is 2.27. The fourth-order valence-corrected chi connectivity index (χ4v) is 1.34. The summed E-state index contributed by atoms with van der Waals surface area (Å²) < 4.78 is 10.7. The largest absolute Gasteiger partial charge is 0.375 e. The van der Waals surface area contributed by atoms with Gasteiger partial charge in [-0.2, -0.15) is 0 Å². The predicted molar refractivity (Wildman–Crippen MR) is 36.7 cm³/mol. The molecule has 0 amide bonds. The van der Waals surface area contributed by atoms with Gasteiger partial charge in [-0.15, -0.1) is 0 Å². The van der Waals surface area contributed by atoms with E-state index in [1.807, 2.05) is 0 Å². The van der Waals surface area contributed by atoms with Gasteiger partial charge in [-0.1, -0.05) is 0 Å². The number of rotatable bonds is 0. The van der Waals surface area contributed by atoms with Crippen molar-refractivity contribution in [2.24, 2.45) is 0 Å². The lowest BCUT2D eigenvalue weighted by Crippen LogP contribution is -2.57. The summed E-state index contributed by atoms with van der Waals surface area (Å²) in [6.45, 7) is 3.52. The Labute approximate surface area is 60.9 Å². The molecule has 0 radical (unpaired) electrons. The van der Waals surface area contributed by atoms with Gasteiger partial charge in [0.25, 0.3) is 0 Å². The Morgan fingerprint density at radius 2 is 2.20 bits per heavy atom. The summed E-state index contributed by atoms with van der Waals surface area (Å²) in [6, 6.07) is 0. The lowest BCUT2D eigenvalue weighted by molar-refractivity contribution is -0.248. The van der Waals surface area contributed by atoms with E-state index in [1.165, 1.54) is 0 Å². The van der Waals surface area contributed by atoms with Gasteiger partial charge in [0.05, 0.1) is 19.9 Å². The lowest BCUT2D eigenvalue weighted by Gasteiger charge is -2.46. The van der Waals surface area contributed by atoms with Crippen LogP contribution in [0.3, 0.4) is 0 Å². The molecule has 2 fully saturated rings. The second kappa shape index (κ2) is 2.19. The fourth-order valence-electron chi connectivity index (χ4n) is 1.34. The molecule has 0 saturated carbocycles. The molecule has 1 spiro atoms. The van der Waals surface area contributed by atoms with Crippen LogP contribution in [-0.2, 0) is 9.47 Å². The van der Waals surface area contributed by atoms with E-state index in [9.17, 15) is 0 Å². The van der Waals surface area contributed by atoms with Crippen LogP contribution in [0.5, 0.6) is 0 Å². The Hall–Kier alpha value is -0.120. The van der Waals surface area contributed by atoms with Gasteiger partial charge in [-0.25, -0.2) is 0 Å². The molecule has 2 aliphatic heterocycles. The zero-order valence-electron chi connectivity index (χ0n) is 6.30. The minimum absolute atomic E-state index is 0.118. The smallest absolute Gasteiger partial charge is 0.118 e. The summed E-state index contributed by atoms with van der Waals surface area (Å²) in [5.74, 6) is 0. The molecule has 3 heteroatoms. The molecule has 0 atom stereocenters. The second-order valence-corrected chi connectivity index (χ2v) is 3.28. The van der Waals surface area contributed by atoms with E-state index in [4.69, 9.17) is 9.47 Å². The normalized spacial score (nSPS) is 32.1. The van der Waals surface area contributed by atoms with Crippen molar-refractivity contribution in [3.05, 3.63) is 0 Å². The van der Waals surface area contributed by atoms with E-state index in [0.29, 0.717) is 0 Å². The van der Waals surface area contributed by atoms with Crippen molar-refractivity contribution in [1.29, 1.82) is 0 Å². The fraction of sp³-hybridized carbons (Fsp3) is 1.00. The first-order valence-corrected chi connectivity index (χ1v) is 3.71. The molecule has 2 aliphatic rings. The van der Waals surface area contributed by atoms with Crippen LogP contribution in [0, 0.1) is 0 Å². The molecule has 10 heavy (non-hydrogen) atoms.